The SMILES string of the molecule is CC(C)C1COC(c2ccc(OC(F)(F)F)cc2)=N1. The van der Waals surface area contributed by atoms with Gasteiger partial charge in [-0.25, -0.2) is 4.99 Å². The molecule has 104 valence electrons. The molecule has 0 radical (unpaired) electrons. The third-order valence-corrected chi connectivity index (χ3v) is 2.78. The Hall–Kier alpha value is -1.72. The van der Waals surface area contributed by atoms with Gasteiger partial charge in [-0.15, -0.1) is 13.2 Å². The molecular formula is C13H14F3NO2. The lowest BCUT2D eigenvalue weighted by Crippen LogP contribution is -2.17. The van der Waals surface area contributed by atoms with Crippen LogP contribution >= 0.6 is 0 Å². The summed E-state index contributed by atoms with van der Waals surface area (Å²) >= 11 is 0. The first-order chi connectivity index (χ1) is 8.85. The van der Waals surface area contributed by atoms with Crippen molar-refractivity contribution in [1.29, 1.82) is 0 Å². The number of benzene rings is 1. The van der Waals surface area contributed by atoms with Gasteiger partial charge in [0, 0.05) is 5.56 Å². The number of ether oxygens (including phenoxy) is 2. The minimum Gasteiger partial charge on any atom is -0.475 e. The first kappa shape index (κ1) is 13.7. The van der Waals surface area contributed by atoms with E-state index in [1.165, 1.54) is 24.3 Å². The maximum absolute atomic E-state index is 12.0. The van der Waals surface area contributed by atoms with Crippen molar-refractivity contribution < 1.29 is 22.6 Å². The maximum Gasteiger partial charge on any atom is 0.573 e. The molecule has 1 heterocycles. The molecule has 3 nitrogen and oxygen atoms in total. The third kappa shape index (κ3) is 3.62. The van der Waals surface area contributed by atoms with Gasteiger partial charge >= 0.3 is 6.36 Å². The Morgan fingerprint density at radius 2 is 1.89 bits per heavy atom. The summed E-state index contributed by atoms with van der Waals surface area (Å²) in [4.78, 5) is 4.39. The van der Waals surface area contributed by atoms with Crippen LogP contribution in [0.15, 0.2) is 29.3 Å². The minimum absolute atomic E-state index is 0.0982. The van der Waals surface area contributed by atoms with Gasteiger partial charge in [-0.3, -0.25) is 0 Å². The van der Waals surface area contributed by atoms with E-state index >= 15 is 0 Å². The Balaban J connectivity index is 2.09. The van der Waals surface area contributed by atoms with E-state index in [9.17, 15) is 13.2 Å². The predicted octanol–water partition coefficient (Wildman–Crippen LogP) is 3.39. The second-order valence-electron chi connectivity index (χ2n) is 4.63. The molecule has 1 aliphatic rings. The van der Waals surface area contributed by atoms with Crippen molar-refractivity contribution >= 4 is 5.90 Å². The van der Waals surface area contributed by atoms with Crippen molar-refractivity contribution in [3.63, 3.8) is 0 Å². The molecule has 6 heteroatoms. The summed E-state index contributed by atoms with van der Waals surface area (Å²) in [6, 6.07) is 5.60. The van der Waals surface area contributed by atoms with Crippen LogP contribution in [0.1, 0.15) is 19.4 Å². The predicted molar refractivity (Wildman–Crippen MR) is 64.2 cm³/mol. The van der Waals surface area contributed by atoms with Crippen LogP contribution in [0.5, 0.6) is 5.75 Å². The molecule has 0 saturated carbocycles. The first-order valence-electron chi connectivity index (χ1n) is 5.92. The quantitative estimate of drug-likeness (QED) is 0.845. The van der Waals surface area contributed by atoms with Gasteiger partial charge in [0.2, 0.25) is 5.90 Å². The van der Waals surface area contributed by atoms with E-state index in [1.807, 2.05) is 13.8 Å². The number of hydrogen-bond acceptors (Lipinski definition) is 3. The van der Waals surface area contributed by atoms with Crippen LogP contribution < -0.4 is 4.74 Å². The van der Waals surface area contributed by atoms with E-state index in [4.69, 9.17) is 4.74 Å². The molecular weight excluding hydrogens is 259 g/mol. The Morgan fingerprint density at radius 3 is 2.37 bits per heavy atom. The van der Waals surface area contributed by atoms with E-state index in [2.05, 4.69) is 9.73 Å². The lowest BCUT2D eigenvalue weighted by atomic mass is 10.1. The first-order valence-corrected chi connectivity index (χ1v) is 5.92. The molecule has 19 heavy (non-hydrogen) atoms. The summed E-state index contributed by atoms with van der Waals surface area (Å²) in [5.41, 5.74) is 0.651. The van der Waals surface area contributed by atoms with Crippen LogP contribution in [0.4, 0.5) is 13.2 Å². The topological polar surface area (TPSA) is 30.8 Å². The molecule has 0 bridgehead atoms. The molecule has 1 atom stereocenters. The zero-order chi connectivity index (χ0) is 14.0. The summed E-state index contributed by atoms with van der Waals surface area (Å²) in [5, 5.41) is 0. The van der Waals surface area contributed by atoms with Crippen LogP contribution in [-0.4, -0.2) is 24.9 Å². The molecule has 2 rings (SSSR count). The minimum atomic E-state index is -4.67. The number of nitrogens with zero attached hydrogens (tertiary/aromatic N) is 1. The molecule has 1 aliphatic heterocycles. The molecule has 1 unspecified atom stereocenters. The molecule has 0 aromatic heterocycles. The molecule has 1 aromatic rings. The number of alkyl halides is 3. The monoisotopic (exact) mass is 273 g/mol. The van der Waals surface area contributed by atoms with Gasteiger partial charge in [0.15, 0.2) is 0 Å². The van der Waals surface area contributed by atoms with Crippen LogP contribution in [0.2, 0.25) is 0 Å². The average Bonchev–Trinajstić information content (AvgIpc) is 2.77. The number of rotatable bonds is 3. The highest BCUT2D eigenvalue weighted by Gasteiger charge is 2.31. The fraction of sp³-hybridized carbons (Fsp3) is 0.462. The van der Waals surface area contributed by atoms with Crippen LogP contribution in [-0.2, 0) is 4.74 Å². The van der Waals surface area contributed by atoms with Crippen molar-refractivity contribution in [2.45, 2.75) is 26.3 Å². The van der Waals surface area contributed by atoms with Crippen LogP contribution in [0, 0.1) is 5.92 Å². The average molecular weight is 273 g/mol. The highest BCUT2D eigenvalue weighted by atomic mass is 19.4. The lowest BCUT2D eigenvalue weighted by molar-refractivity contribution is -0.274. The van der Waals surface area contributed by atoms with Crippen molar-refractivity contribution in [3.8, 4) is 5.75 Å². The number of hydrogen-bond donors (Lipinski definition) is 0. The summed E-state index contributed by atoms with van der Waals surface area (Å²) in [5.74, 6) is 0.581. The normalized spacial score (nSPS) is 19.3. The van der Waals surface area contributed by atoms with Crippen LogP contribution in [0.3, 0.4) is 0 Å². The van der Waals surface area contributed by atoms with Gasteiger partial charge in [0.1, 0.15) is 12.4 Å². The van der Waals surface area contributed by atoms with Crippen LogP contribution in [0.25, 0.3) is 0 Å². The second-order valence-corrected chi connectivity index (χ2v) is 4.63. The zero-order valence-corrected chi connectivity index (χ0v) is 10.6. The molecule has 0 N–H and O–H groups in total. The molecule has 1 aromatic carbocycles. The zero-order valence-electron chi connectivity index (χ0n) is 10.6. The molecule has 0 spiro atoms. The van der Waals surface area contributed by atoms with Gasteiger partial charge < -0.3 is 9.47 Å². The van der Waals surface area contributed by atoms with E-state index < -0.39 is 6.36 Å². The Bertz CT molecular complexity index is 466. The van der Waals surface area contributed by atoms with Gasteiger partial charge in [-0.2, -0.15) is 0 Å². The second kappa shape index (κ2) is 5.11. The van der Waals surface area contributed by atoms with E-state index in [-0.39, 0.29) is 11.8 Å². The largest absolute Gasteiger partial charge is 0.573 e. The molecule has 0 fully saturated rings. The summed E-state index contributed by atoms with van der Waals surface area (Å²) in [6.07, 6.45) is -4.67. The van der Waals surface area contributed by atoms with Gasteiger partial charge in [-0.05, 0) is 30.2 Å². The smallest absolute Gasteiger partial charge is 0.475 e. The Labute approximate surface area is 109 Å². The molecule has 0 saturated heterocycles. The number of aliphatic imine (C=N–C) groups is 1. The van der Waals surface area contributed by atoms with Gasteiger partial charge in [-0.1, -0.05) is 13.8 Å². The van der Waals surface area contributed by atoms with Crippen molar-refractivity contribution in [2.75, 3.05) is 6.61 Å². The van der Waals surface area contributed by atoms with Gasteiger partial charge in [0.25, 0.3) is 0 Å². The van der Waals surface area contributed by atoms with Crippen molar-refractivity contribution in [3.05, 3.63) is 29.8 Å². The highest BCUT2D eigenvalue weighted by Crippen LogP contribution is 2.24. The Kier molecular flexibility index (Phi) is 3.68. The van der Waals surface area contributed by atoms with E-state index in [0.717, 1.165) is 0 Å². The number of halogens is 3. The van der Waals surface area contributed by atoms with E-state index in [0.29, 0.717) is 24.0 Å². The fourth-order valence-corrected chi connectivity index (χ4v) is 1.69. The standard InChI is InChI=1S/C13H14F3NO2/c1-8(2)11-7-18-12(17-11)9-3-5-10(6-4-9)19-13(14,15)16/h3-6,8,11H,7H2,1-2H3. The highest BCUT2D eigenvalue weighted by molar-refractivity contribution is 5.95. The third-order valence-electron chi connectivity index (χ3n) is 2.78. The molecule has 0 amide bonds. The van der Waals surface area contributed by atoms with Crippen molar-refractivity contribution in [2.24, 2.45) is 10.9 Å². The van der Waals surface area contributed by atoms with Crippen molar-refractivity contribution in [1.82, 2.24) is 0 Å². The van der Waals surface area contributed by atoms with Gasteiger partial charge in [0.05, 0.1) is 6.04 Å². The summed E-state index contributed by atoms with van der Waals surface area (Å²) in [6.45, 7) is 4.59. The summed E-state index contributed by atoms with van der Waals surface area (Å²) < 4.78 is 45.3. The van der Waals surface area contributed by atoms with E-state index in [1.54, 1.807) is 0 Å². The summed E-state index contributed by atoms with van der Waals surface area (Å²) in [7, 11) is 0. The lowest BCUT2D eigenvalue weighted by Gasteiger charge is -2.09. The fourth-order valence-electron chi connectivity index (χ4n) is 1.69. The molecule has 0 aliphatic carbocycles. The Morgan fingerprint density at radius 1 is 1.26 bits per heavy atom. The maximum atomic E-state index is 12.0.